The first-order valence-corrected chi connectivity index (χ1v) is 7.49. The van der Waals surface area contributed by atoms with E-state index in [0.717, 1.165) is 6.07 Å². The van der Waals surface area contributed by atoms with E-state index in [1.54, 1.807) is 36.3 Å². The van der Waals surface area contributed by atoms with Crippen LogP contribution in [-0.2, 0) is 19.1 Å². The van der Waals surface area contributed by atoms with Crippen molar-refractivity contribution in [3.8, 4) is 0 Å². The van der Waals surface area contributed by atoms with Gasteiger partial charge in [0, 0.05) is 32.5 Å². The van der Waals surface area contributed by atoms with E-state index in [1.165, 1.54) is 17.0 Å². The molecule has 1 aromatic carbocycles. The molecule has 2 rings (SSSR count). The molecule has 0 aliphatic rings. The number of urea groups is 1. The van der Waals surface area contributed by atoms with Crippen molar-refractivity contribution in [2.75, 3.05) is 20.1 Å². The number of nitrogens with one attached hydrogen (secondary N) is 1. The summed E-state index contributed by atoms with van der Waals surface area (Å²) in [7, 11) is 1.63. The van der Waals surface area contributed by atoms with Crippen LogP contribution >= 0.6 is 0 Å². The van der Waals surface area contributed by atoms with Gasteiger partial charge in [0.2, 0.25) is 0 Å². The number of alkyl halides is 3. The maximum atomic E-state index is 12.9. The predicted octanol–water partition coefficient (Wildman–Crippen LogP) is 2.79. The summed E-state index contributed by atoms with van der Waals surface area (Å²) in [6.07, 6.45) is -0.826. The monoisotopic (exact) mass is 340 g/mol. The molecule has 0 atom stereocenters. The maximum absolute atomic E-state index is 12.9. The van der Waals surface area contributed by atoms with Crippen LogP contribution in [0.25, 0.3) is 0 Å². The lowest BCUT2D eigenvalue weighted by molar-refractivity contribution is -0.138. The second kappa shape index (κ2) is 7.85. The molecule has 0 unspecified atom stereocenters. The number of carbonyl (C=O) groups is 1. The summed E-state index contributed by atoms with van der Waals surface area (Å²) in [5.41, 5.74) is -0.490. The van der Waals surface area contributed by atoms with Gasteiger partial charge in [0.25, 0.3) is 0 Å². The Morgan fingerprint density at radius 2 is 2.04 bits per heavy atom. The molecule has 0 saturated carbocycles. The van der Waals surface area contributed by atoms with E-state index in [9.17, 15) is 18.0 Å². The average molecular weight is 340 g/mol. The summed E-state index contributed by atoms with van der Waals surface area (Å²) in [6, 6.07) is 6.85. The zero-order valence-electron chi connectivity index (χ0n) is 13.3. The molecule has 0 fully saturated rings. The van der Waals surface area contributed by atoms with Gasteiger partial charge >= 0.3 is 12.2 Å². The number of aromatic nitrogens is 2. The van der Waals surface area contributed by atoms with Crippen molar-refractivity contribution in [1.29, 1.82) is 0 Å². The zero-order chi connectivity index (χ0) is 17.6. The van der Waals surface area contributed by atoms with Crippen LogP contribution in [0.1, 0.15) is 11.1 Å². The van der Waals surface area contributed by atoms with Crippen LogP contribution in [0.5, 0.6) is 0 Å². The second-order valence-electron chi connectivity index (χ2n) is 5.33. The van der Waals surface area contributed by atoms with Crippen LogP contribution < -0.4 is 5.32 Å². The van der Waals surface area contributed by atoms with E-state index in [0.29, 0.717) is 13.1 Å². The number of hydrogen-bond donors (Lipinski definition) is 1. The van der Waals surface area contributed by atoms with Gasteiger partial charge in [-0.05, 0) is 24.1 Å². The third-order valence-corrected chi connectivity index (χ3v) is 3.56. The Balaban J connectivity index is 1.80. The van der Waals surface area contributed by atoms with Crippen molar-refractivity contribution in [2.24, 2.45) is 0 Å². The fraction of sp³-hybridized carbons (Fsp3) is 0.375. The van der Waals surface area contributed by atoms with Gasteiger partial charge in [-0.15, -0.1) is 0 Å². The van der Waals surface area contributed by atoms with E-state index in [1.807, 2.05) is 0 Å². The van der Waals surface area contributed by atoms with Gasteiger partial charge in [0.1, 0.15) is 0 Å². The lowest BCUT2D eigenvalue weighted by Gasteiger charge is -2.18. The van der Waals surface area contributed by atoms with Gasteiger partial charge in [-0.3, -0.25) is 4.68 Å². The largest absolute Gasteiger partial charge is 0.416 e. The van der Waals surface area contributed by atoms with Gasteiger partial charge in [0.15, 0.2) is 0 Å². The molecule has 1 aromatic heterocycles. The number of nitrogens with zero attached hydrogens (tertiary/aromatic N) is 3. The van der Waals surface area contributed by atoms with Crippen molar-refractivity contribution in [3.05, 3.63) is 53.9 Å². The smallest absolute Gasteiger partial charge is 0.338 e. The minimum Gasteiger partial charge on any atom is -0.338 e. The highest BCUT2D eigenvalue weighted by Crippen LogP contribution is 2.31. The third kappa shape index (κ3) is 5.00. The Kier molecular flexibility index (Phi) is 5.83. The molecule has 5 nitrogen and oxygen atoms in total. The Hall–Kier alpha value is -2.51. The Morgan fingerprint density at radius 1 is 1.29 bits per heavy atom. The summed E-state index contributed by atoms with van der Waals surface area (Å²) in [4.78, 5) is 13.4. The lowest BCUT2D eigenvalue weighted by Crippen LogP contribution is -2.39. The van der Waals surface area contributed by atoms with Crippen LogP contribution in [0.15, 0.2) is 42.7 Å². The first-order valence-electron chi connectivity index (χ1n) is 7.49. The highest BCUT2D eigenvalue weighted by Gasteiger charge is 2.32. The van der Waals surface area contributed by atoms with Crippen molar-refractivity contribution < 1.29 is 18.0 Å². The molecule has 1 heterocycles. The number of rotatable bonds is 6. The fourth-order valence-electron chi connectivity index (χ4n) is 2.24. The molecule has 2 aromatic rings. The summed E-state index contributed by atoms with van der Waals surface area (Å²) in [5, 5.41) is 6.66. The number of halogens is 3. The van der Waals surface area contributed by atoms with Crippen LogP contribution in [0.3, 0.4) is 0 Å². The molecule has 1 N–H and O–H groups in total. The van der Waals surface area contributed by atoms with Crippen LogP contribution in [0.4, 0.5) is 18.0 Å². The van der Waals surface area contributed by atoms with Crippen molar-refractivity contribution >= 4 is 6.03 Å². The highest BCUT2D eigenvalue weighted by atomic mass is 19.4. The van der Waals surface area contributed by atoms with E-state index >= 15 is 0 Å². The third-order valence-electron chi connectivity index (χ3n) is 3.56. The minimum atomic E-state index is -4.39. The van der Waals surface area contributed by atoms with Gasteiger partial charge < -0.3 is 10.2 Å². The van der Waals surface area contributed by atoms with E-state index < -0.39 is 11.7 Å². The molecule has 0 radical (unpaired) electrons. The normalized spacial score (nSPS) is 11.3. The average Bonchev–Trinajstić information content (AvgIpc) is 3.05. The van der Waals surface area contributed by atoms with Crippen molar-refractivity contribution in [1.82, 2.24) is 20.0 Å². The molecule has 0 saturated heterocycles. The summed E-state index contributed by atoms with van der Waals surface area (Å²) < 4.78 is 40.4. The second-order valence-corrected chi connectivity index (χ2v) is 5.33. The predicted molar refractivity (Wildman–Crippen MR) is 83.4 cm³/mol. The number of benzene rings is 1. The standard InChI is InChI=1S/C16H19F3N4O/c1-22(11-12-23-10-4-8-21-23)15(24)20-9-7-13-5-2-3-6-14(13)16(17,18)19/h2-6,8,10H,7,9,11-12H2,1H3,(H,20,24). The maximum Gasteiger partial charge on any atom is 0.416 e. The summed E-state index contributed by atoms with van der Waals surface area (Å²) in [6.45, 7) is 1.14. The molecular weight excluding hydrogens is 321 g/mol. The zero-order valence-corrected chi connectivity index (χ0v) is 13.3. The topological polar surface area (TPSA) is 50.2 Å². The Morgan fingerprint density at radius 3 is 2.71 bits per heavy atom. The van der Waals surface area contributed by atoms with Gasteiger partial charge in [0.05, 0.1) is 12.1 Å². The number of carbonyl (C=O) groups excluding carboxylic acids is 1. The van der Waals surface area contributed by atoms with Gasteiger partial charge in [-0.25, -0.2) is 4.79 Å². The number of amides is 2. The molecule has 8 heteroatoms. The van der Waals surface area contributed by atoms with E-state index in [2.05, 4.69) is 10.4 Å². The molecule has 0 aliphatic carbocycles. The number of likely N-dealkylation sites (N-methyl/N-ethyl adjacent to an activating group) is 1. The molecule has 2 amide bonds. The lowest BCUT2D eigenvalue weighted by atomic mass is 10.0. The van der Waals surface area contributed by atoms with E-state index in [4.69, 9.17) is 0 Å². The molecule has 0 spiro atoms. The summed E-state index contributed by atoms with van der Waals surface area (Å²) >= 11 is 0. The van der Waals surface area contributed by atoms with Crippen LogP contribution in [0.2, 0.25) is 0 Å². The quantitative estimate of drug-likeness (QED) is 0.879. The van der Waals surface area contributed by atoms with E-state index in [-0.39, 0.29) is 24.6 Å². The van der Waals surface area contributed by atoms with Crippen LogP contribution in [-0.4, -0.2) is 40.8 Å². The molecular formula is C16H19F3N4O. The first kappa shape index (κ1) is 17.8. The van der Waals surface area contributed by atoms with Crippen molar-refractivity contribution in [2.45, 2.75) is 19.1 Å². The summed E-state index contributed by atoms with van der Waals surface area (Å²) in [5.74, 6) is 0. The molecule has 0 bridgehead atoms. The minimum absolute atomic E-state index is 0.119. The Labute approximate surface area is 138 Å². The first-order chi connectivity index (χ1) is 11.4. The van der Waals surface area contributed by atoms with Crippen molar-refractivity contribution in [3.63, 3.8) is 0 Å². The molecule has 0 aliphatic heterocycles. The van der Waals surface area contributed by atoms with Crippen LogP contribution in [0, 0.1) is 0 Å². The molecule has 24 heavy (non-hydrogen) atoms. The van der Waals surface area contributed by atoms with Gasteiger partial charge in [-0.1, -0.05) is 18.2 Å². The molecule has 130 valence electrons. The Bertz CT molecular complexity index is 656. The highest BCUT2D eigenvalue weighted by molar-refractivity contribution is 5.73. The van der Waals surface area contributed by atoms with Gasteiger partial charge in [-0.2, -0.15) is 18.3 Å². The number of hydrogen-bond acceptors (Lipinski definition) is 2. The SMILES string of the molecule is CN(CCn1cccn1)C(=O)NCCc1ccccc1C(F)(F)F. The fourth-order valence-corrected chi connectivity index (χ4v) is 2.24.